The Morgan fingerprint density at radius 1 is 1.25 bits per heavy atom. The van der Waals surface area contributed by atoms with E-state index >= 15 is 0 Å². The first-order valence-electron chi connectivity index (χ1n) is 7.24. The maximum Gasteiger partial charge on any atom is 0.413 e. The number of likely N-dealkylation sites (tertiary alicyclic amines) is 1. The van der Waals surface area contributed by atoms with E-state index in [1.54, 1.807) is 12.1 Å². The van der Waals surface area contributed by atoms with Crippen molar-refractivity contribution in [3.05, 3.63) is 33.8 Å². The fraction of sp³-hybridized carbons (Fsp3) is 0.533. The van der Waals surface area contributed by atoms with Crippen molar-refractivity contribution in [2.45, 2.75) is 16.8 Å². The lowest BCUT2D eigenvalue weighted by Gasteiger charge is -2.37. The number of carbonyl (C=O) groups is 1. The summed E-state index contributed by atoms with van der Waals surface area (Å²) in [6, 6.07) is 5.37. The van der Waals surface area contributed by atoms with Gasteiger partial charge in [0, 0.05) is 19.0 Å². The third-order valence-corrected chi connectivity index (χ3v) is 5.00. The van der Waals surface area contributed by atoms with Crippen LogP contribution in [0.5, 0.6) is 0 Å². The molecule has 0 aromatic heterocycles. The van der Waals surface area contributed by atoms with Crippen LogP contribution in [0.1, 0.15) is 12.0 Å². The topological polar surface area (TPSA) is 29.5 Å². The van der Waals surface area contributed by atoms with Gasteiger partial charge in [0.25, 0.3) is 0 Å². The lowest BCUT2D eigenvalue weighted by Crippen LogP contribution is -2.46. The predicted molar refractivity (Wildman–Crippen MR) is 96.1 cm³/mol. The number of nitrogens with zero attached hydrogens (tertiary/aromatic N) is 1. The van der Waals surface area contributed by atoms with Gasteiger partial charge in [-0.2, -0.15) is 0 Å². The molecule has 3 nitrogen and oxygen atoms in total. The van der Waals surface area contributed by atoms with Crippen LogP contribution in [0.3, 0.4) is 0 Å². The van der Waals surface area contributed by atoms with Gasteiger partial charge in [0.1, 0.15) is 0 Å². The van der Waals surface area contributed by atoms with Gasteiger partial charge in [-0.25, -0.2) is 4.79 Å². The second kappa shape index (κ2) is 8.50. The molecule has 0 bridgehead atoms. The smallest absolute Gasteiger partial charge is 0.398 e. The molecule has 0 spiro atoms. The molecular weight excluding hydrogens is 422 g/mol. The molecule has 1 heterocycles. The normalized spacial score (nSPS) is 21.7. The fourth-order valence-corrected chi connectivity index (χ4v) is 3.34. The van der Waals surface area contributed by atoms with Crippen LogP contribution in [0, 0.1) is 11.8 Å². The van der Waals surface area contributed by atoms with Crippen molar-refractivity contribution in [1.82, 2.24) is 4.90 Å². The number of ether oxygens (including phenoxy) is 1. The molecule has 1 fully saturated rings. The summed E-state index contributed by atoms with van der Waals surface area (Å²) in [7, 11) is 0. The van der Waals surface area contributed by atoms with Gasteiger partial charge in [-0.15, -0.1) is 0 Å². The Morgan fingerprint density at radius 2 is 1.96 bits per heavy atom. The van der Waals surface area contributed by atoms with Crippen molar-refractivity contribution >= 4 is 64.1 Å². The van der Waals surface area contributed by atoms with E-state index in [4.69, 9.17) is 58.0 Å². The van der Waals surface area contributed by atoms with E-state index in [0.717, 1.165) is 5.56 Å². The summed E-state index contributed by atoms with van der Waals surface area (Å²) in [5.74, 6) is -0.250. The van der Waals surface area contributed by atoms with Crippen molar-refractivity contribution in [2.75, 3.05) is 19.8 Å². The van der Waals surface area contributed by atoms with Crippen LogP contribution in [0.25, 0.3) is 0 Å². The van der Waals surface area contributed by atoms with Crippen LogP contribution in [0.2, 0.25) is 10.0 Å². The zero-order valence-electron chi connectivity index (χ0n) is 12.5. The second-order valence-corrected chi connectivity index (χ2v) is 8.67. The number of hydrogen-bond donors (Lipinski definition) is 0. The average molecular weight is 438 g/mol. The summed E-state index contributed by atoms with van der Waals surface area (Å²) in [4.78, 5) is 13.3. The van der Waals surface area contributed by atoms with Crippen molar-refractivity contribution in [2.24, 2.45) is 11.8 Å². The zero-order valence-corrected chi connectivity index (χ0v) is 16.2. The van der Waals surface area contributed by atoms with Gasteiger partial charge in [-0.3, -0.25) is 4.39 Å². The number of piperidine rings is 1. The lowest BCUT2D eigenvalue weighted by molar-refractivity contribution is 0.0605. The van der Waals surface area contributed by atoms with Gasteiger partial charge in [0.05, 0.1) is 16.7 Å². The number of benzene rings is 1. The zero-order chi connectivity index (χ0) is 17.9. The van der Waals surface area contributed by atoms with Gasteiger partial charge >= 0.3 is 10.1 Å². The molecule has 0 saturated carbocycles. The largest absolute Gasteiger partial charge is 0.413 e. The van der Waals surface area contributed by atoms with E-state index in [1.807, 2.05) is 6.07 Å². The van der Waals surface area contributed by atoms with Gasteiger partial charge < -0.3 is 9.64 Å². The molecule has 0 aliphatic carbocycles. The van der Waals surface area contributed by atoms with Crippen LogP contribution in [-0.2, 0) is 11.2 Å². The quantitative estimate of drug-likeness (QED) is 0.551. The number of alkyl halides is 4. The van der Waals surface area contributed by atoms with E-state index in [1.165, 1.54) is 4.90 Å². The third-order valence-electron chi connectivity index (χ3n) is 4.03. The monoisotopic (exact) mass is 435 g/mol. The molecule has 24 heavy (non-hydrogen) atoms. The van der Waals surface area contributed by atoms with E-state index < -0.39 is 16.7 Å². The molecular formula is C15H15Cl5FNO2. The average Bonchev–Trinajstić information content (AvgIpc) is 2.49. The summed E-state index contributed by atoms with van der Waals surface area (Å²) in [5.41, 5.74) is 0.977. The fourth-order valence-electron chi connectivity index (χ4n) is 2.82. The maximum atomic E-state index is 13.4. The van der Waals surface area contributed by atoms with Crippen LogP contribution >= 0.6 is 58.0 Å². The molecule has 2 rings (SSSR count). The number of hydrogen-bond acceptors (Lipinski definition) is 2. The highest BCUT2D eigenvalue weighted by Gasteiger charge is 2.35. The van der Waals surface area contributed by atoms with Crippen molar-refractivity contribution < 1.29 is 13.9 Å². The Bertz CT molecular complexity index is 596. The highest BCUT2D eigenvalue weighted by molar-refractivity contribution is 6.66. The predicted octanol–water partition coefficient (Wildman–Crippen LogP) is 5.91. The number of amides is 1. The molecule has 0 unspecified atom stereocenters. The van der Waals surface area contributed by atoms with Crippen molar-refractivity contribution in [1.29, 1.82) is 0 Å². The van der Waals surface area contributed by atoms with Gasteiger partial charge in [-0.05, 0) is 71.3 Å². The van der Waals surface area contributed by atoms with Crippen LogP contribution in [-0.4, -0.2) is 34.7 Å². The molecule has 0 radical (unpaired) electrons. The molecule has 134 valence electrons. The van der Waals surface area contributed by atoms with E-state index in [-0.39, 0.29) is 18.4 Å². The molecule has 0 N–H and O–H groups in total. The Kier molecular flexibility index (Phi) is 7.15. The van der Waals surface area contributed by atoms with E-state index in [0.29, 0.717) is 29.4 Å². The number of rotatable bonds is 3. The molecule has 9 heteroatoms. The third kappa shape index (κ3) is 5.70. The molecule has 1 amide bonds. The molecule has 1 aromatic carbocycles. The Balaban J connectivity index is 1.99. The highest BCUT2D eigenvalue weighted by atomic mass is 35.6. The minimum atomic E-state index is -2.13. The molecule has 1 aliphatic heterocycles. The van der Waals surface area contributed by atoms with Gasteiger partial charge in [0.2, 0.25) is 0 Å². The van der Waals surface area contributed by atoms with Crippen LogP contribution < -0.4 is 0 Å². The maximum absolute atomic E-state index is 13.4. The number of halogens is 6. The van der Waals surface area contributed by atoms with Crippen LogP contribution in [0.15, 0.2) is 18.2 Å². The summed E-state index contributed by atoms with van der Waals surface area (Å²) in [6.07, 6.45) is 0.504. The number of carbonyl (C=O) groups excluding carboxylic acids is 1. The molecule has 1 saturated heterocycles. The Hall–Kier alpha value is -0.130. The van der Waals surface area contributed by atoms with Gasteiger partial charge in [-0.1, -0.05) is 29.3 Å². The first-order valence-corrected chi connectivity index (χ1v) is 9.13. The summed E-state index contributed by atoms with van der Waals surface area (Å²) >= 11 is 28.3. The minimum absolute atomic E-state index is 0.0732. The molecule has 2 atom stereocenters. The highest BCUT2D eigenvalue weighted by Crippen LogP contribution is 2.32. The van der Waals surface area contributed by atoms with Gasteiger partial charge in [0.15, 0.2) is 0 Å². The Labute approximate surface area is 164 Å². The van der Waals surface area contributed by atoms with E-state index in [2.05, 4.69) is 4.74 Å². The summed E-state index contributed by atoms with van der Waals surface area (Å²) in [6.45, 7) is 0.0632. The van der Waals surface area contributed by atoms with E-state index in [9.17, 15) is 9.18 Å². The summed E-state index contributed by atoms with van der Waals surface area (Å²) in [5, 5.41) is 0.946. The standard InChI is InChI=1S/C15H15Cl5FNO2/c16-12-2-1-9(6-13(12)17)5-10-3-4-22(8-11(10)7-21)14(23)24-15(18,19)20/h1-2,6,10-11H,3-5,7-8H2/t10-,11-/m1/s1. The first kappa shape index (κ1) is 20.2. The van der Waals surface area contributed by atoms with Crippen molar-refractivity contribution in [3.63, 3.8) is 0 Å². The summed E-state index contributed by atoms with van der Waals surface area (Å²) < 4.78 is 16.0. The second-order valence-electron chi connectivity index (χ2n) is 5.68. The minimum Gasteiger partial charge on any atom is -0.398 e. The lowest BCUT2D eigenvalue weighted by atomic mass is 9.82. The molecule has 1 aromatic rings. The molecule has 1 aliphatic rings. The Morgan fingerprint density at radius 3 is 2.54 bits per heavy atom. The first-order chi connectivity index (χ1) is 11.2. The van der Waals surface area contributed by atoms with Crippen LogP contribution in [0.4, 0.5) is 9.18 Å². The van der Waals surface area contributed by atoms with Crippen molar-refractivity contribution in [3.8, 4) is 0 Å². The SMILES string of the molecule is O=C(OC(Cl)(Cl)Cl)N1CC[C@H](Cc2ccc(Cl)c(Cl)c2)[C@H](CF)C1.